The van der Waals surface area contributed by atoms with Gasteiger partial charge in [0.15, 0.2) is 0 Å². The molecular formula is C13H11Cl2NOS. The zero-order valence-corrected chi connectivity index (χ0v) is 11.8. The molecule has 0 radical (unpaired) electrons. The van der Waals surface area contributed by atoms with Gasteiger partial charge >= 0.3 is 0 Å². The van der Waals surface area contributed by atoms with Gasteiger partial charge in [0.05, 0.1) is 21.5 Å². The zero-order valence-electron chi connectivity index (χ0n) is 9.48. The number of rotatable bonds is 4. The summed E-state index contributed by atoms with van der Waals surface area (Å²) in [5.41, 5.74) is 1.66. The van der Waals surface area contributed by atoms with Gasteiger partial charge in [-0.1, -0.05) is 53.5 Å². The molecule has 0 N–H and O–H groups in total. The molecule has 0 saturated carbocycles. The summed E-state index contributed by atoms with van der Waals surface area (Å²) in [6.07, 6.45) is 1.52. The molecule has 0 bridgehead atoms. The summed E-state index contributed by atoms with van der Waals surface area (Å²) < 4.78 is 12.0. The maximum absolute atomic E-state index is 12.0. The van der Waals surface area contributed by atoms with Crippen molar-refractivity contribution in [2.45, 2.75) is 11.5 Å². The fourth-order valence-corrected chi connectivity index (χ4v) is 3.24. The standard InChI is InChI=1S/C13H11Cl2NOS/c14-11-6-12(15)13(16-7-11)9-18(17)8-10-4-2-1-3-5-10/h1-7H,8-9H2/t18-/m0/s1. The second-order valence-corrected chi connectivity index (χ2v) is 6.10. The molecule has 2 nitrogen and oxygen atoms in total. The Hall–Kier alpha value is -0.900. The third-order valence-corrected chi connectivity index (χ3v) is 4.14. The Labute approximate surface area is 118 Å². The van der Waals surface area contributed by atoms with Crippen LogP contribution in [0.1, 0.15) is 11.3 Å². The van der Waals surface area contributed by atoms with E-state index in [2.05, 4.69) is 4.98 Å². The first kappa shape index (κ1) is 13.5. The van der Waals surface area contributed by atoms with Crippen molar-refractivity contribution in [1.82, 2.24) is 4.98 Å². The molecule has 0 unspecified atom stereocenters. The first-order valence-electron chi connectivity index (χ1n) is 5.34. The van der Waals surface area contributed by atoms with Gasteiger partial charge < -0.3 is 0 Å². The van der Waals surface area contributed by atoms with E-state index in [0.717, 1.165) is 5.56 Å². The Balaban J connectivity index is 2.03. The van der Waals surface area contributed by atoms with E-state index in [9.17, 15) is 4.21 Å². The van der Waals surface area contributed by atoms with E-state index >= 15 is 0 Å². The number of nitrogens with zero attached hydrogens (tertiary/aromatic N) is 1. The Morgan fingerprint density at radius 1 is 1.11 bits per heavy atom. The number of benzene rings is 1. The lowest BCUT2D eigenvalue weighted by molar-refractivity contribution is 0.681. The molecule has 5 heteroatoms. The maximum Gasteiger partial charge on any atom is 0.0715 e. The lowest BCUT2D eigenvalue weighted by atomic mass is 10.2. The van der Waals surface area contributed by atoms with Crippen molar-refractivity contribution in [1.29, 1.82) is 0 Å². The summed E-state index contributed by atoms with van der Waals surface area (Å²) >= 11 is 11.8. The van der Waals surface area contributed by atoms with E-state index in [1.807, 2.05) is 30.3 Å². The van der Waals surface area contributed by atoms with E-state index < -0.39 is 10.8 Å². The molecular weight excluding hydrogens is 289 g/mol. The van der Waals surface area contributed by atoms with Crippen LogP contribution in [0.25, 0.3) is 0 Å². The molecule has 0 aliphatic rings. The predicted octanol–water partition coefficient (Wildman–Crippen LogP) is 3.84. The average Bonchev–Trinajstić information content (AvgIpc) is 2.34. The maximum atomic E-state index is 12.0. The van der Waals surface area contributed by atoms with E-state index in [-0.39, 0.29) is 0 Å². The van der Waals surface area contributed by atoms with Crippen LogP contribution < -0.4 is 0 Å². The van der Waals surface area contributed by atoms with E-state index in [4.69, 9.17) is 23.2 Å². The van der Waals surface area contributed by atoms with Crippen LogP contribution >= 0.6 is 23.2 Å². The fraction of sp³-hybridized carbons (Fsp3) is 0.154. The summed E-state index contributed by atoms with van der Waals surface area (Å²) in [6, 6.07) is 11.3. The molecule has 1 heterocycles. The van der Waals surface area contributed by atoms with Crippen LogP contribution in [0.15, 0.2) is 42.6 Å². The molecule has 2 aromatic rings. The Kier molecular flexibility index (Phi) is 4.75. The summed E-state index contributed by atoms with van der Waals surface area (Å²) in [7, 11) is -1.03. The lowest BCUT2D eigenvalue weighted by Crippen LogP contribution is -2.01. The second-order valence-electron chi connectivity index (χ2n) is 3.80. The average molecular weight is 300 g/mol. The molecule has 94 valence electrons. The van der Waals surface area contributed by atoms with Gasteiger partial charge in [0, 0.05) is 22.7 Å². The topological polar surface area (TPSA) is 30.0 Å². The summed E-state index contributed by atoms with van der Waals surface area (Å²) in [6.45, 7) is 0. The van der Waals surface area contributed by atoms with Gasteiger partial charge in [-0.05, 0) is 11.6 Å². The predicted molar refractivity (Wildman–Crippen MR) is 76.2 cm³/mol. The monoisotopic (exact) mass is 299 g/mol. The quantitative estimate of drug-likeness (QED) is 0.858. The number of halogens is 2. The van der Waals surface area contributed by atoms with Crippen LogP contribution in [-0.4, -0.2) is 9.19 Å². The highest BCUT2D eigenvalue weighted by Crippen LogP contribution is 2.20. The van der Waals surface area contributed by atoms with Gasteiger partial charge in [-0.25, -0.2) is 0 Å². The van der Waals surface area contributed by atoms with Crippen LogP contribution in [0.4, 0.5) is 0 Å². The first-order valence-corrected chi connectivity index (χ1v) is 7.58. The fourth-order valence-electron chi connectivity index (χ4n) is 1.51. The molecule has 0 fully saturated rings. The number of hydrogen-bond donors (Lipinski definition) is 0. The van der Waals surface area contributed by atoms with Gasteiger partial charge in [0.25, 0.3) is 0 Å². The van der Waals surface area contributed by atoms with Crippen LogP contribution in [0.3, 0.4) is 0 Å². The van der Waals surface area contributed by atoms with Crippen molar-refractivity contribution < 1.29 is 4.21 Å². The summed E-state index contributed by atoms with van der Waals surface area (Å²) in [5.74, 6) is 0.840. The van der Waals surface area contributed by atoms with Gasteiger partial charge in [0.1, 0.15) is 0 Å². The number of pyridine rings is 1. The molecule has 0 aliphatic carbocycles. The molecule has 18 heavy (non-hydrogen) atoms. The minimum Gasteiger partial charge on any atom is -0.259 e. The number of hydrogen-bond acceptors (Lipinski definition) is 2. The largest absolute Gasteiger partial charge is 0.259 e. The molecule has 1 aromatic carbocycles. The first-order chi connectivity index (χ1) is 8.65. The third kappa shape index (κ3) is 3.80. The SMILES string of the molecule is O=[S@@](Cc1ccccc1)Cc1ncc(Cl)cc1Cl. The zero-order chi connectivity index (χ0) is 13.0. The van der Waals surface area contributed by atoms with Crippen molar-refractivity contribution >= 4 is 34.0 Å². The summed E-state index contributed by atoms with van der Waals surface area (Å²) in [5, 5.41) is 0.946. The second kappa shape index (κ2) is 6.32. The van der Waals surface area contributed by atoms with Gasteiger partial charge in [0.2, 0.25) is 0 Å². The third-order valence-electron chi connectivity index (χ3n) is 2.35. The van der Waals surface area contributed by atoms with E-state index in [1.54, 1.807) is 6.07 Å². The van der Waals surface area contributed by atoms with Crippen molar-refractivity contribution in [3.8, 4) is 0 Å². The van der Waals surface area contributed by atoms with Crippen LogP contribution in [0.2, 0.25) is 10.0 Å². The minimum absolute atomic E-state index is 0.338. The van der Waals surface area contributed by atoms with Crippen molar-refractivity contribution in [3.63, 3.8) is 0 Å². The molecule has 1 aromatic heterocycles. The van der Waals surface area contributed by atoms with Crippen LogP contribution in [-0.2, 0) is 22.3 Å². The van der Waals surface area contributed by atoms with Gasteiger partial charge in [-0.15, -0.1) is 0 Å². The van der Waals surface area contributed by atoms with Gasteiger partial charge in [-0.3, -0.25) is 9.19 Å². The Bertz CT molecular complexity index is 560. The van der Waals surface area contributed by atoms with E-state index in [1.165, 1.54) is 6.20 Å². The van der Waals surface area contributed by atoms with Crippen LogP contribution in [0, 0.1) is 0 Å². The smallest absolute Gasteiger partial charge is 0.0715 e. The highest BCUT2D eigenvalue weighted by molar-refractivity contribution is 7.83. The molecule has 0 spiro atoms. The van der Waals surface area contributed by atoms with Crippen molar-refractivity contribution in [3.05, 3.63) is 63.9 Å². The molecule has 0 aliphatic heterocycles. The van der Waals surface area contributed by atoms with Crippen molar-refractivity contribution in [2.24, 2.45) is 0 Å². The molecule has 0 saturated heterocycles. The molecule has 2 rings (SSSR count). The number of aromatic nitrogens is 1. The highest BCUT2D eigenvalue weighted by Gasteiger charge is 2.08. The Morgan fingerprint density at radius 3 is 2.50 bits per heavy atom. The lowest BCUT2D eigenvalue weighted by Gasteiger charge is -2.04. The molecule has 1 atom stereocenters. The highest BCUT2D eigenvalue weighted by atomic mass is 35.5. The summed E-state index contributed by atoms with van der Waals surface area (Å²) in [4.78, 5) is 4.10. The minimum atomic E-state index is -1.03. The van der Waals surface area contributed by atoms with Crippen LogP contribution in [0.5, 0.6) is 0 Å². The normalized spacial score (nSPS) is 12.3. The Morgan fingerprint density at radius 2 is 1.83 bits per heavy atom. The van der Waals surface area contributed by atoms with Gasteiger partial charge in [-0.2, -0.15) is 0 Å². The van der Waals surface area contributed by atoms with Crippen molar-refractivity contribution in [2.75, 3.05) is 0 Å². The molecule has 0 amide bonds. The van der Waals surface area contributed by atoms with E-state index in [0.29, 0.717) is 27.2 Å².